The third-order valence-corrected chi connectivity index (χ3v) is 21.4. The van der Waals surface area contributed by atoms with Gasteiger partial charge in [0.25, 0.3) is 0 Å². The zero-order valence-corrected chi connectivity index (χ0v) is 42.3. The quantitative estimate of drug-likeness (QED) is 0.112. The topological polar surface area (TPSA) is 65.2 Å². The van der Waals surface area contributed by atoms with Gasteiger partial charge in [-0.05, 0) is 95.4 Å². The molecule has 0 aromatic heterocycles. The lowest BCUT2D eigenvalue weighted by molar-refractivity contribution is 0.390. The van der Waals surface area contributed by atoms with Crippen LogP contribution < -0.4 is 5.19 Å². The zero-order valence-electron chi connectivity index (χ0n) is 41.3. The van der Waals surface area contributed by atoms with Crippen LogP contribution in [0.1, 0.15) is 57.6 Å². The van der Waals surface area contributed by atoms with E-state index in [0.717, 1.165) is 113 Å². The Labute approximate surface area is 418 Å². The number of phenols is 2. The molecule has 350 valence electrons. The number of aromatic hydroxyl groups is 2. The molecule has 4 nitrogen and oxygen atoms in total. The second-order valence-corrected chi connectivity index (χ2v) is 26.4. The van der Waals surface area contributed by atoms with Gasteiger partial charge in [-0.3, -0.25) is 9.98 Å². The van der Waals surface area contributed by atoms with Crippen molar-refractivity contribution >= 4 is 68.8 Å². The van der Waals surface area contributed by atoms with E-state index in [2.05, 4.69) is 210 Å². The number of aliphatic imine (C=N–C) groups is 2. The Kier molecular flexibility index (Phi) is 12.0. The molecule has 2 N–H and O–H groups in total. The second-order valence-electron chi connectivity index (χ2n) is 21.0. The summed E-state index contributed by atoms with van der Waals surface area (Å²) >= 11 is 0. The maximum absolute atomic E-state index is 12.7. The Bertz CT molecular complexity index is 3700. The molecule has 11 rings (SSSR count). The van der Waals surface area contributed by atoms with Gasteiger partial charge in [0.2, 0.25) is 0 Å². The molecular formula is C66H60N2O2Si. The van der Waals surface area contributed by atoms with Crippen LogP contribution in [0.3, 0.4) is 0 Å². The molecule has 1 aliphatic carbocycles. The third-order valence-electron chi connectivity index (χ3n) is 15.8. The van der Waals surface area contributed by atoms with E-state index in [-0.39, 0.29) is 28.6 Å². The van der Waals surface area contributed by atoms with Crippen LogP contribution in [0.15, 0.2) is 198 Å². The van der Waals surface area contributed by atoms with Crippen molar-refractivity contribution in [2.45, 2.75) is 76.7 Å². The lowest BCUT2D eigenvalue weighted by Gasteiger charge is -2.37. The highest BCUT2D eigenvalue weighted by Gasteiger charge is 2.37. The first-order valence-corrected chi connectivity index (χ1v) is 28.2. The van der Waals surface area contributed by atoms with Gasteiger partial charge in [0.1, 0.15) is 11.5 Å². The van der Waals surface area contributed by atoms with Crippen LogP contribution in [-0.4, -0.2) is 42.8 Å². The molecule has 0 aliphatic heterocycles. The van der Waals surface area contributed by atoms with E-state index in [1.54, 1.807) is 0 Å². The Morgan fingerprint density at radius 1 is 0.437 bits per heavy atom. The van der Waals surface area contributed by atoms with Gasteiger partial charge in [0.15, 0.2) is 0 Å². The first-order valence-electron chi connectivity index (χ1n) is 25.2. The molecule has 0 bridgehead atoms. The summed E-state index contributed by atoms with van der Waals surface area (Å²) in [5.74, 6) is 0.431. The number of hydrogen-bond acceptors (Lipinski definition) is 4. The first kappa shape index (κ1) is 45.8. The van der Waals surface area contributed by atoms with Crippen LogP contribution in [-0.2, 0) is 0 Å². The van der Waals surface area contributed by atoms with E-state index in [0.29, 0.717) is 11.1 Å². The van der Waals surface area contributed by atoms with Gasteiger partial charge in [-0.2, -0.15) is 0 Å². The van der Waals surface area contributed by atoms with Gasteiger partial charge in [-0.25, -0.2) is 0 Å². The van der Waals surface area contributed by atoms with Gasteiger partial charge in [0, 0.05) is 45.8 Å². The average molecular weight is 941 g/mol. The molecule has 0 spiro atoms. The number of benzene rings is 10. The van der Waals surface area contributed by atoms with Crippen molar-refractivity contribution in [2.75, 3.05) is 0 Å². The highest BCUT2D eigenvalue weighted by Crippen LogP contribution is 2.49. The summed E-state index contributed by atoms with van der Waals surface area (Å²) in [4.78, 5) is 10.6. The predicted octanol–water partition coefficient (Wildman–Crippen LogP) is 16.9. The van der Waals surface area contributed by atoms with Gasteiger partial charge >= 0.3 is 0 Å². The van der Waals surface area contributed by atoms with Crippen LogP contribution in [0.5, 0.6) is 11.5 Å². The van der Waals surface area contributed by atoms with E-state index in [4.69, 9.17) is 9.98 Å². The number of rotatable bonds is 9. The normalized spacial score (nSPS) is 15.7. The number of fused-ring (bicyclic) bond motifs is 4. The Balaban J connectivity index is 0.992. The summed E-state index contributed by atoms with van der Waals surface area (Å²) in [6.07, 6.45) is 7.62. The monoisotopic (exact) mass is 940 g/mol. The van der Waals surface area contributed by atoms with Crippen LogP contribution in [0.25, 0.3) is 87.6 Å². The molecule has 1 aliphatic rings. The zero-order chi connectivity index (χ0) is 48.9. The van der Waals surface area contributed by atoms with E-state index in [1.807, 2.05) is 24.6 Å². The standard InChI is InChI=1S/C66H60N2O2Si/c1-66(2,3)71(4,5)51-35-31-46(32-36-51)57-38-34-45-22-10-14-26-53(45)61(57)63-55-28-16-12-24-48(55)40-50(65(63)70)42-68-59-30-18-17-29-58(59)67-41-49-39-47-23-11-15-27-54(47)62(64(49)69)60-52-25-13-9-21-44(52)33-37-56(60)43-19-7-6-8-20-43/h6-16,19-28,31-42,58-59,69-70H,17-18,29-30H2,1-5H3/t58-,59-/m1/s1. The predicted molar refractivity (Wildman–Crippen MR) is 306 cm³/mol. The Hall–Kier alpha value is -7.60. The third kappa shape index (κ3) is 8.42. The second kappa shape index (κ2) is 18.6. The number of hydrogen-bond donors (Lipinski definition) is 2. The molecule has 10 aromatic carbocycles. The summed E-state index contributed by atoms with van der Waals surface area (Å²) in [5.41, 5.74) is 9.35. The van der Waals surface area contributed by atoms with Crippen molar-refractivity contribution in [1.29, 1.82) is 0 Å². The minimum Gasteiger partial charge on any atom is -0.507 e. The van der Waals surface area contributed by atoms with Crippen LogP contribution in [0.4, 0.5) is 0 Å². The average Bonchev–Trinajstić information content (AvgIpc) is 3.39. The fourth-order valence-electron chi connectivity index (χ4n) is 10.9. The number of phenolic OH excluding ortho intramolecular Hbond substituents is 2. The van der Waals surface area contributed by atoms with Crippen LogP contribution in [0, 0.1) is 0 Å². The summed E-state index contributed by atoms with van der Waals surface area (Å²) in [5, 5.41) is 35.4. The van der Waals surface area contributed by atoms with E-state index in [9.17, 15) is 10.2 Å². The molecule has 71 heavy (non-hydrogen) atoms. The maximum Gasteiger partial charge on any atom is 0.132 e. The lowest BCUT2D eigenvalue weighted by atomic mass is 9.86. The highest BCUT2D eigenvalue weighted by atomic mass is 28.3. The van der Waals surface area contributed by atoms with Gasteiger partial charge in [-0.15, -0.1) is 0 Å². The first-order chi connectivity index (χ1) is 34.5. The minimum atomic E-state index is -1.75. The lowest BCUT2D eigenvalue weighted by Crippen LogP contribution is -2.49. The van der Waals surface area contributed by atoms with E-state index in [1.165, 1.54) is 5.19 Å². The van der Waals surface area contributed by atoms with Crippen LogP contribution in [0.2, 0.25) is 18.1 Å². The van der Waals surface area contributed by atoms with Crippen molar-refractivity contribution in [3.05, 3.63) is 199 Å². The fourth-order valence-corrected chi connectivity index (χ4v) is 12.8. The summed E-state index contributed by atoms with van der Waals surface area (Å²) in [6, 6.07) is 66.0. The van der Waals surface area contributed by atoms with Crippen molar-refractivity contribution in [3.63, 3.8) is 0 Å². The molecule has 10 aromatic rings. The number of nitrogens with zero attached hydrogens (tertiary/aromatic N) is 2. The Morgan fingerprint density at radius 2 is 0.817 bits per heavy atom. The maximum atomic E-state index is 12.7. The van der Waals surface area contributed by atoms with Gasteiger partial charge < -0.3 is 10.2 Å². The van der Waals surface area contributed by atoms with Gasteiger partial charge in [-0.1, -0.05) is 228 Å². The fraction of sp³-hybridized carbons (Fsp3) is 0.182. The van der Waals surface area contributed by atoms with Crippen LogP contribution >= 0.6 is 0 Å². The molecule has 1 fully saturated rings. The molecule has 0 radical (unpaired) electrons. The van der Waals surface area contributed by atoms with Crippen molar-refractivity contribution in [2.24, 2.45) is 9.98 Å². The molecule has 0 saturated heterocycles. The molecule has 1 saturated carbocycles. The van der Waals surface area contributed by atoms with E-state index >= 15 is 0 Å². The van der Waals surface area contributed by atoms with Gasteiger partial charge in [0.05, 0.1) is 20.2 Å². The highest BCUT2D eigenvalue weighted by molar-refractivity contribution is 6.92. The van der Waals surface area contributed by atoms with Crippen molar-refractivity contribution in [1.82, 2.24) is 0 Å². The largest absolute Gasteiger partial charge is 0.507 e. The smallest absolute Gasteiger partial charge is 0.132 e. The summed E-state index contributed by atoms with van der Waals surface area (Å²) in [6.45, 7) is 12.0. The molecule has 0 heterocycles. The SMILES string of the molecule is CC(C)(C)[Si](C)(C)c1ccc(-c2ccc3ccccc3c2-c2c(O)c(C=N[C@@H]3CCCC[C@H]3N=Cc3cc4ccccc4c(-c4c(-c5ccccc5)ccc5ccccc45)c3O)cc3ccccc23)cc1. The Morgan fingerprint density at radius 3 is 1.25 bits per heavy atom. The molecule has 2 atom stereocenters. The van der Waals surface area contributed by atoms with Crippen molar-refractivity contribution < 1.29 is 10.2 Å². The molecule has 5 heteroatoms. The summed E-state index contributed by atoms with van der Waals surface area (Å²) < 4.78 is 0. The summed E-state index contributed by atoms with van der Waals surface area (Å²) in [7, 11) is -1.75. The molecule has 0 amide bonds. The van der Waals surface area contributed by atoms with E-state index < -0.39 is 8.07 Å². The molecular weight excluding hydrogens is 881 g/mol. The molecule has 0 unspecified atom stereocenters. The van der Waals surface area contributed by atoms with Crippen molar-refractivity contribution in [3.8, 4) is 56.0 Å². The minimum absolute atomic E-state index is 0.104.